The van der Waals surface area contributed by atoms with Crippen molar-refractivity contribution in [1.29, 1.82) is 0 Å². The molecule has 6 N–H and O–H groups in total. The van der Waals surface area contributed by atoms with E-state index in [9.17, 15) is 66.5 Å². The Bertz CT molecular complexity index is 3160. The third kappa shape index (κ3) is 8.00. The number of esters is 1. The zero-order valence-electron chi connectivity index (χ0n) is 29.4. The van der Waals surface area contributed by atoms with Crippen LogP contribution >= 0.6 is 0 Å². The van der Waals surface area contributed by atoms with Gasteiger partial charge in [-0.3, -0.25) is 28.0 Å². The van der Waals surface area contributed by atoms with E-state index in [0.717, 1.165) is 18.2 Å². The van der Waals surface area contributed by atoms with Crippen molar-refractivity contribution in [1.82, 2.24) is 4.98 Å². The van der Waals surface area contributed by atoms with Crippen LogP contribution in [0, 0.1) is 6.92 Å². The smallest absolute Gasteiger partial charge is 0.344 e. The Morgan fingerprint density at radius 3 is 2.00 bits per heavy atom. The van der Waals surface area contributed by atoms with Gasteiger partial charge >= 0.3 is 11.9 Å². The van der Waals surface area contributed by atoms with Gasteiger partial charge in [0.05, 0.1) is 38.0 Å². The van der Waals surface area contributed by atoms with Crippen molar-refractivity contribution in [2.75, 3.05) is 11.1 Å². The molecule has 58 heavy (non-hydrogen) atoms. The van der Waals surface area contributed by atoms with E-state index < -0.39 is 135 Å². The van der Waals surface area contributed by atoms with Crippen molar-refractivity contribution < 1.29 is 71.6 Å². The summed E-state index contributed by atoms with van der Waals surface area (Å²) in [6.07, 6.45) is -0.873. The number of aryl methyl sites for hydroxylation is 1. The lowest BCUT2D eigenvalue weighted by molar-refractivity contribution is -0.137. The zero-order valence-corrected chi connectivity index (χ0v) is 32.7. The Hall–Kier alpha value is -5.82. The van der Waals surface area contributed by atoms with Gasteiger partial charge in [-0.1, -0.05) is 36.4 Å². The number of benzene rings is 4. The van der Waals surface area contributed by atoms with Crippen LogP contribution in [0.3, 0.4) is 0 Å². The Labute approximate surface area is 328 Å². The number of carboxylic acids is 1. The van der Waals surface area contributed by atoms with Crippen LogP contribution in [0.2, 0.25) is 0 Å². The standard InChI is InChI=1S/C35H28N2O17S4/c1-17-8-9-18(13-24(17)56(45,46)47)16-54-35(42)31-28-20-5-2-3-6-21(20)33(40)29-23(15-26(58(51,52)53)32(30(28)29)37-34(31)41)36-22-11-10-19(14-25(22)57(48,49)50)55(43,44)12-4-7-27(38)39/h2-3,5-6,8-11,13-15,36H,4,7,12,16H2,1H3,(H,37,41)(H,38,39)(H,45,46,47)(H,48,49,50)(H,51,52,53). The average Bonchev–Trinajstić information content (AvgIpc) is 3.11. The molecule has 304 valence electrons. The van der Waals surface area contributed by atoms with Crippen LogP contribution in [0.4, 0.5) is 11.4 Å². The van der Waals surface area contributed by atoms with E-state index in [-0.39, 0.29) is 34.2 Å². The maximum atomic E-state index is 14.3. The molecule has 19 nitrogen and oxygen atoms in total. The molecule has 6 rings (SSSR count). The van der Waals surface area contributed by atoms with Gasteiger partial charge in [-0.05, 0) is 60.4 Å². The molecule has 0 saturated heterocycles. The number of H-pyrrole nitrogens is 1. The van der Waals surface area contributed by atoms with E-state index in [1.165, 1.54) is 43.3 Å². The van der Waals surface area contributed by atoms with Crippen LogP contribution in [0.1, 0.15) is 50.2 Å². The molecule has 1 aromatic heterocycles. The number of sulfone groups is 1. The number of aromatic amines is 1. The highest BCUT2D eigenvalue weighted by molar-refractivity contribution is 7.91. The number of carbonyl (C=O) groups excluding carboxylic acids is 2. The van der Waals surface area contributed by atoms with Gasteiger partial charge in [-0.2, -0.15) is 25.3 Å². The van der Waals surface area contributed by atoms with Gasteiger partial charge < -0.3 is 20.1 Å². The van der Waals surface area contributed by atoms with Crippen LogP contribution in [0.5, 0.6) is 0 Å². The van der Waals surface area contributed by atoms with Crippen LogP contribution in [-0.2, 0) is 56.3 Å². The number of ketones is 1. The van der Waals surface area contributed by atoms with E-state index in [0.29, 0.717) is 12.1 Å². The van der Waals surface area contributed by atoms with E-state index in [1.54, 1.807) is 0 Å². The van der Waals surface area contributed by atoms with Crippen molar-refractivity contribution in [3.63, 3.8) is 0 Å². The molecule has 0 spiro atoms. The second-order valence-electron chi connectivity index (χ2n) is 12.8. The van der Waals surface area contributed by atoms with Crippen molar-refractivity contribution >= 4 is 80.2 Å². The van der Waals surface area contributed by atoms with Crippen molar-refractivity contribution in [2.45, 2.75) is 46.0 Å². The molecule has 0 unspecified atom stereocenters. The minimum Gasteiger partial charge on any atom is -0.481 e. The SMILES string of the molecule is Cc1ccc(COC(=O)c2c3c4c(c(Nc5ccc(S(=O)(=O)CCCC(=O)O)cc5S(=O)(=O)O)cc(S(=O)(=O)O)c4[nH]c2=O)C(=O)c2ccccc2-3)cc1S(=O)(=O)O. The Balaban J connectivity index is 1.57. The molecule has 0 bridgehead atoms. The first kappa shape index (κ1) is 41.8. The molecule has 0 fully saturated rings. The Kier molecular flexibility index (Phi) is 10.7. The number of carbonyl (C=O) groups is 3. The van der Waals surface area contributed by atoms with Gasteiger partial charge in [0, 0.05) is 22.9 Å². The lowest BCUT2D eigenvalue weighted by atomic mass is 9.81. The van der Waals surface area contributed by atoms with Crippen LogP contribution in [-0.4, -0.2) is 80.9 Å². The lowest BCUT2D eigenvalue weighted by Gasteiger charge is -2.25. The van der Waals surface area contributed by atoms with Gasteiger partial charge in [0.15, 0.2) is 15.6 Å². The van der Waals surface area contributed by atoms with Gasteiger partial charge in [0.1, 0.15) is 22.0 Å². The summed E-state index contributed by atoms with van der Waals surface area (Å²) in [5.74, 6) is -4.25. The summed E-state index contributed by atoms with van der Waals surface area (Å²) in [6, 6.07) is 12.1. The fourth-order valence-corrected chi connectivity index (χ4v) is 9.94. The number of aromatic nitrogens is 1. The highest BCUT2D eigenvalue weighted by Gasteiger charge is 2.36. The predicted molar refractivity (Wildman–Crippen MR) is 202 cm³/mol. The molecule has 1 heterocycles. The minimum absolute atomic E-state index is 0.0579. The molecule has 0 amide bonds. The third-order valence-corrected chi connectivity index (χ3v) is 13.5. The molecule has 1 aliphatic rings. The molecule has 0 radical (unpaired) electrons. The summed E-state index contributed by atoms with van der Waals surface area (Å²) in [5.41, 5.74) is -4.80. The Morgan fingerprint density at radius 2 is 1.38 bits per heavy atom. The summed E-state index contributed by atoms with van der Waals surface area (Å²) in [6.45, 7) is 0.739. The molecule has 0 saturated carbocycles. The molecule has 23 heteroatoms. The number of aliphatic carboxylic acids is 1. The van der Waals surface area contributed by atoms with Gasteiger partial charge in [0.2, 0.25) is 0 Å². The number of hydrogen-bond acceptors (Lipinski definition) is 14. The maximum absolute atomic E-state index is 14.3. The number of rotatable bonds is 13. The molecular formula is C35H28N2O17S4. The second-order valence-corrected chi connectivity index (χ2v) is 19.1. The molecular weight excluding hydrogens is 849 g/mol. The molecule has 0 atom stereocenters. The zero-order chi connectivity index (χ0) is 42.7. The number of nitrogens with one attached hydrogen (secondary N) is 2. The highest BCUT2D eigenvalue weighted by Crippen LogP contribution is 2.46. The number of anilines is 2. The number of ether oxygens (including phenoxy) is 1. The number of fused-ring (bicyclic) bond motifs is 2. The summed E-state index contributed by atoms with van der Waals surface area (Å²) >= 11 is 0. The van der Waals surface area contributed by atoms with E-state index in [1.807, 2.05) is 0 Å². The number of pyridine rings is 1. The number of carboxylic acid groups (broad SMARTS) is 1. The molecule has 0 aliphatic heterocycles. The lowest BCUT2D eigenvalue weighted by Crippen LogP contribution is -2.26. The van der Waals surface area contributed by atoms with Crippen LogP contribution in [0.25, 0.3) is 22.0 Å². The summed E-state index contributed by atoms with van der Waals surface area (Å²) in [4.78, 5) is 51.6. The van der Waals surface area contributed by atoms with Crippen LogP contribution in [0.15, 0.2) is 91.1 Å². The molecule has 4 aromatic carbocycles. The first-order chi connectivity index (χ1) is 26.9. The normalized spacial score (nSPS) is 12.9. The average molecular weight is 877 g/mol. The van der Waals surface area contributed by atoms with E-state index in [4.69, 9.17) is 9.84 Å². The van der Waals surface area contributed by atoms with Gasteiger partial charge in [0.25, 0.3) is 35.9 Å². The quantitative estimate of drug-likeness (QED) is 0.0714. The van der Waals surface area contributed by atoms with E-state index >= 15 is 0 Å². The second kappa shape index (κ2) is 14.8. The topological polar surface area (TPSA) is 323 Å². The Morgan fingerprint density at radius 1 is 0.741 bits per heavy atom. The van der Waals surface area contributed by atoms with Crippen molar-refractivity contribution in [2.24, 2.45) is 0 Å². The minimum atomic E-state index is -5.35. The van der Waals surface area contributed by atoms with E-state index in [2.05, 4.69) is 10.3 Å². The summed E-state index contributed by atoms with van der Waals surface area (Å²) in [5, 5.41) is 10.9. The van der Waals surface area contributed by atoms with Crippen molar-refractivity contribution in [3.8, 4) is 11.1 Å². The predicted octanol–water partition coefficient (Wildman–Crippen LogP) is 3.53. The molecule has 1 aliphatic carbocycles. The fraction of sp³-hybridized carbons (Fsp3) is 0.143. The number of hydrogen-bond donors (Lipinski definition) is 6. The van der Waals surface area contributed by atoms with Crippen LogP contribution < -0.4 is 10.9 Å². The first-order valence-electron chi connectivity index (χ1n) is 16.4. The maximum Gasteiger partial charge on any atom is 0.344 e. The monoisotopic (exact) mass is 876 g/mol. The van der Waals surface area contributed by atoms with Gasteiger partial charge in [-0.25, -0.2) is 13.2 Å². The summed E-state index contributed by atoms with van der Waals surface area (Å²) in [7, 11) is -19.7. The molecule has 5 aromatic rings. The summed E-state index contributed by atoms with van der Waals surface area (Å²) < 4.78 is 136. The first-order valence-corrected chi connectivity index (χ1v) is 22.3. The van der Waals surface area contributed by atoms with Gasteiger partial charge in [-0.15, -0.1) is 0 Å². The van der Waals surface area contributed by atoms with Crippen molar-refractivity contribution in [3.05, 3.63) is 105 Å². The largest absolute Gasteiger partial charge is 0.481 e. The highest BCUT2D eigenvalue weighted by atomic mass is 32.2. The third-order valence-electron chi connectivity index (χ3n) is 8.97. The fourth-order valence-electron chi connectivity index (χ4n) is 6.41.